The van der Waals surface area contributed by atoms with Crippen LogP contribution in [0.25, 0.3) is 0 Å². The zero-order valence-electron chi connectivity index (χ0n) is 14.9. The van der Waals surface area contributed by atoms with E-state index in [4.69, 9.17) is 5.11 Å². The summed E-state index contributed by atoms with van der Waals surface area (Å²) in [6.45, 7) is 2.02. The molecule has 0 aromatic rings. The summed E-state index contributed by atoms with van der Waals surface area (Å²) < 4.78 is 0. The molecule has 1 saturated carbocycles. The first-order valence-electron chi connectivity index (χ1n) is 9.04. The Labute approximate surface area is 149 Å². The smallest absolute Gasteiger partial charge is 0.303 e. The highest BCUT2D eigenvalue weighted by Crippen LogP contribution is 2.33. The largest absolute Gasteiger partial charge is 0.481 e. The summed E-state index contributed by atoms with van der Waals surface area (Å²) in [4.78, 5) is 22.5. The van der Waals surface area contributed by atoms with E-state index in [9.17, 15) is 19.8 Å². The van der Waals surface area contributed by atoms with Gasteiger partial charge in [-0.25, -0.2) is 0 Å². The predicted octanol–water partition coefficient (Wildman–Crippen LogP) is 3.03. The van der Waals surface area contributed by atoms with Crippen LogP contribution in [0.5, 0.6) is 0 Å². The molecule has 0 aromatic heterocycles. The van der Waals surface area contributed by atoms with Crippen molar-refractivity contribution in [3.05, 3.63) is 36.5 Å². The van der Waals surface area contributed by atoms with Crippen LogP contribution < -0.4 is 0 Å². The maximum atomic E-state index is 12.1. The number of ketones is 1. The Kier molecular flexibility index (Phi) is 10.0. The molecule has 1 fully saturated rings. The summed E-state index contributed by atoms with van der Waals surface area (Å²) in [6, 6.07) is 0. The lowest BCUT2D eigenvalue weighted by Gasteiger charge is -2.17. The second kappa shape index (κ2) is 11.8. The molecule has 0 aliphatic heterocycles. The maximum absolute atomic E-state index is 12.1. The van der Waals surface area contributed by atoms with Gasteiger partial charge >= 0.3 is 5.97 Å². The molecule has 4 atom stereocenters. The molecular weight excluding hydrogens is 320 g/mol. The minimum Gasteiger partial charge on any atom is -0.481 e. The van der Waals surface area contributed by atoms with Crippen molar-refractivity contribution in [2.24, 2.45) is 11.8 Å². The molecular formula is C20H30O5. The first-order valence-corrected chi connectivity index (χ1v) is 9.04. The summed E-state index contributed by atoms with van der Waals surface area (Å²) in [6.07, 6.45) is 13.4. The minimum atomic E-state index is -0.803. The highest BCUT2D eigenvalue weighted by Gasteiger charge is 2.39. The molecule has 0 saturated heterocycles. The fraction of sp³-hybridized carbons (Fsp3) is 0.600. The van der Waals surface area contributed by atoms with Gasteiger partial charge in [-0.05, 0) is 32.1 Å². The Hall–Kier alpha value is -1.72. The van der Waals surface area contributed by atoms with E-state index in [0.29, 0.717) is 25.7 Å². The number of aliphatic carboxylic acids is 1. The molecule has 3 N–H and O–H groups in total. The Bertz CT molecular complexity index is 506. The number of aliphatic hydroxyl groups is 2. The van der Waals surface area contributed by atoms with E-state index in [1.807, 2.05) is 31.2 Å². The van der Waals surface area contributed by atoms with Crippen molar-refractivity contribution in [2.75, 3.05) is 0 Å². The van der Waals surface area contributed by atoms with E-state index < -0.39 is 18.2 Å². The average molecular weight is 350 g/mol. The van der Waals surface area contributed by atoms with E-state index in [2.05, 4.69) is 0 Å². The van der Waals surface area contributed by atoms with E-state index in [0.717, 1.165) is 6.42 Å². The van der Waals surface area contributed by atoms with Crippen LogP contribution in [0.1, 0.15) is 51.9 Å². The number of carboxylic acid groups (broad SMARTS) is 1. The third-order valence-corrected chi connectivity index (χ3v) is 4.39. The van der Waals surface area contributed by atoms with Gasteiger partial charge in [-0.2, -0.15) is 0 Å². The SMILES string of the molecule is CC/C=C\CC(O)/C=C/C1C(=O)C[C@H](O)C1C/C=C\CCCC(=O)O. The molecule has 0 spiro atoms. The van der Waals surface area contributed by atoms with Crippen LogP contribution >= 0.6 is 0 Å². The zero-order valence-corrected chi connectivity index (χ0v) is 14.9. The summed E-state index contributed by atoms with van der Waals surface area (Å²) in [5, 5.41) is 28.6. The van der Waals surface area contributed by atoms with Gasteiger partial charge in [0.15, 0.2) is 0 Å². The highest BCUT2D eigenvalue weighted by atomic mass is 16.4. The van der Waals surface area contributed by atoms with Gasteiger partial charge in [0.25, 0.3) is 0 Å². The summed E-state index contributed by atoms with van der Waals surface area (Å²) in [5.74, 6) is -1.35. The third-order valence-electron chi connectivity index (χ3n) is 4.39. The van der Waals surface area contributed by atoms with Crippen molar-refractivity contribution in [2.45, 2.75) is 64.1 Å². The molecule has 25 heavy (non-hydrogen) atoms. The topological polar surface area (TPSA) is 94.8 Å². The van der Waals surface area contributed by atoms with Gasteiger partial charge in [-0.1, -0.05) is 43.4 Å². The third kappa shape index (κ3) is 8.27. The monoisotopic (exact) mass is 350 g/mol. The van der Waals surface area contributed by atoms with E-state index in [1.165, 1.54) is 0 Å². The molecule has 0 radical (unpaired) electrons. The first-order chi connectivity index (χ1) is 12.0. The van der Waals surface area contributed by atoms with Gasteiger partial charge in [0.2, 0.25) is 0 Å². The van der Waals surface area contributed by atoms with Crippen molar-refractivity contribution < 1.29 is 24.9 Å². The molecule has 1 rings (SSSR count). The Balaban J connectivity index is 2.52. The van der Waals surface area contributed by atoms with Crippen molar-refractivity contribution in [3.63, 3.8) is 0 Å². The number of carbonyl (C=O) groups excluding carboxylic acids is 1. The number of unbranched alkanes of at least 4 members (excludes halogenated alkanes) is 1. The standard InChI is InChI=1S/C20H30O5/c1-2-3-6-9-15(21)12-13-17-16(18(22)14-19(17)23)10-7-4-5-8-11-20(24)25/h3-4,6-7,12-13,15-18,21-22H,2,5,8-11,14H2,1H3,(H,24,25)/b6-3-,7-4-,13-12+/t15?,16?,17?,18-/m0/s1. The average Bonchev–Trinajstić information content (AvgIpc) is 2.82. The van der Waals surface area contributed by atoms with Crippen LogP contribution in [0.3, 0.4) is 0 Å². The zero-order chi connectivity index (χ0) is 18.7. The van der Waals surface area contributed by atoms with Crippen LogP contribution in [0.2, 0.25) is 0 Å². The van der Waals surface area contributed by atoms with Gasteiger partial charge in [0.05, 0.1) is 12.2 Å². The van der Waals surface area contributed by atoms with Gasteiger partial charge in [-0.15, -0.1) is 0 Å². The number of hydrogen-bond acceptors (Lipinski definition) is 4. The normalized spacial score (nSPS) is 25.6. The number of Topliss-reactive ketones (excluding diaryl/α,β-unsaturated/α-hetero) is 1. The van der Waals surface area contributed by atoms with Crippen LogP contribution in [-0.2, 0) is 9.59 Å². The number of aliphatic hydroxyl groups excluding tert-OH is 2. The Morgan fingerprint density at radius 3 is 2.72 bits per heavy atom. The van der Waals surface area contributed by atoms with Gasteiger partial charge in [0, 0.05) is 24.7 Å². The van der Waals surface area contributed by atoms with Crippen LogP contribution in [0.15, 0.2) is 36.5 Å². The molecule has 3 unspecified atom stereocenters. The molecule has 1 aliphatic carbocycles. The molecule has 0 amide bonds. The summed E-state index contributed by atoms with van der Waals surface area (Å²) >= 11 is 0. The summed E-state index contributed by atoms with van der Waals surface area (Å²) in [7, 11) is 0. The van der Waals surface area contributed by atoms with Crippen molar-refractivity contribution in [3.8, 4) is 0 Å². The van der Waals surface area contributed by atoms with Crippen LogP contribution in [0, 0.1) is 11.8 Å². The minimum absolute atomic E-state index is 0.00401. The predicted molar refractivity (Wildman–Crippen MR) is 97.0 cm³/mol. The highest BCUT2D eigenvalue weighted by molar-refractivity contribution is 5.86. The molecule has 0 aromatic carbocycles. The number of allylic oxidation sites excluding steroid dienone is 4. The number of hydrogen-bond donors (Lipinski definition) is 3. The maximum Gasteiger partial charge on any atom is 0.303 e. The Morgan fingerprint density at radius 2 is 2.04 bits per heavy atom. The fourth-order valence-corrected chi connectivity index (χ4v) is 3.00. The van der Waals surface area contributed by atoms with Crippen molar-refractivity contribution in [1.29, 1.82) is 0 Å². The fourth-order valence-electron chi connectivity index (χ4n) is 3.00. The first kappa shape index (κ1) is 21.3. The number of carbonyl (C=O) groups is 2. The number of carboxylic acids is 1. The second-order valence-electron chi connectivity index (χ2n) is 6.49. The molecule has 5 heteroatoms. The molecule has 5 nitrogen and oxygen atoms in total. The lowest BCUT2D eigenvalue weighted by molar-refractivity contribution is -0.137. The van der Waals surface area contributed by atoms with Crippen molar-refractivity contribution in [1.82, 2.24) is 0 Å². The second-order valence-corrected chi connectivity index (χ2v) is 6.49. The van der Waals surface area contributed by atoms with Crippen LogP contribution in [0.4, 0.5) is 0 Å². The van der Waals surface area contributed by atoms with Gasteiger partial charge in [-0.3, -0.25) is 9.59 Å². The lowest BCUT2D eigenvalue weighted by atomic mass is 9.90. The number of rotatable bonds is 11. The lowest BCUT2D eigenvalue weighted by Crippen LogP contribution is -2.19. The van der Waals surface area contributed by atoms with Gasteiger partial charge < -0.3 is 15.3 Å². The van der Waals surface area contributed by atoms with E-state index in [-0.39, 0.29) is 30.5 Å². The quantitative estimate of drug-likeness (QED) is 0.393. The summed E-state index contributed by atoms with van der Waals surface area (Å²) in [5.41, 5.74) is 0. The van der Waals surface area contributed by atoms with Crippen molar-refractivity contribution >= 4 is 11.8 Å². The molecule has 0 bridgehead atoms. The van der Waals surface area contributed by atoms with E-state index >= 15 is 0 Å². The van der Waals surface area contributed by atoms with Gasteiger partial charge in [0.1, 0.15) is 5.78 Å². The molecule has 140 valence electrons. The molecule has 1 aliphatic rings. The van der Waals surface area contributed by atoms with Crippen LogP contribution in [-0.4, -0.2) is 39.3 Å². The Morgan fingerprint density at radius 1 is 1.28 bits per heavy atom. The molecule has 0 heterocycles. The van der Waals surface area contributed by atoms with E-state index in [1.54, 1.807) is 12.2 Å².